The molecule has 0 spiro atoms. The fraction of sp³-hybridized carbons (Fsp3) is 0.500. The van der Waals surface area contributed by atoms with E-state index in [1.54, 1.807) is 12.1 Å². The van der Waals surface area contributed by atoms with Crippen molar-refractivity contribution in [3.05, 3.63) is 35.1 Å². The Hall–Kier alpha value is -1.44. The van der Waals surface area contributed by atoms with Crippen LogP contribution in [0.3, 0.4) is 0 Å². The molecule has 4 heteroatoms. The second-order valence-electron chi connectivity index (χ2n) is 4.61. The minimum atomic E-state index is -0.453. The lowest BCUT2D eigenvalue weighted by Crippen LogP contribution is -2.27. The summed E-state index contributed by atoms with van der Waals surface area (Å²) in [6, 6.07) is 6.53. The van der Waals surface area contributed by atoms with Crippen molar-refractivity contribution in [2.24, 2.45) is 5.92 Å². The maximum absolute atomic E-state index is 13.1. The third-order valence-corrected chi connectivity index (χ3v) is 3.25. The molecule has 0 bridgehead atoms. The normalized spacial score (nSPS) is 16.4. The summed E-state index contributed by atoms with van der Waals surface area (Å²) in [7, 11) is 0. The Morgan fingerprint density at radius 1 is 1.39 bits per heavy atom. The van der Waals surface area contributed by atoms with E-state index in [0.29, 0.717) is 12.5 Å². The summed E-state index contributed by atoms with van der Waals surface area (Å²) >= 11 is 0. The van der Waals surface area contributed by atoms with E-state index in [-0.39, 0.29) is 5.56 Å². The van der Waals surface area contributed by atoms with Crippen LogP contribution in [0.5, 0.6) is 0 Å². The van der Waals surface area contributed by atoms with Gasteiger partial charge < -0.3 is 10.1 Å². The summed E-state index contributed by atoms with van der Waals surface area (Å²) in [5, 5.41) is 12.1. The maximum atomic E-state index is 13.1. The molecule has 1 aliphatic heterocycles. The van der Waals surface area contributed by atoms with Gasteiger partial charge in [0.1, 0.15) is 11.9 Å². The lowest BCUT2D eigenvalue weighted by atomic mass is 10.0. The summed E-state index contributed by atoms with van der Waals surface area (Å²) < 4.78 is 18.4. The number of nitrogens with one attached hydrogen (secondary N) is 1. The molecule has 2 rings (SSSR count). The number of hydrogen-bond acceptors (Lipinski definition) is 3. The van der Waals surface area contributed by atoms with Crippen LogP contribution in [-0.4, -0.2) is 19.8 Å². The Morgan fingerprint density at radius 2 is 2.17 bits per heavy atom. The summed E-state index contributed by atoms with van der Waals surface area (Å²) in [6.45, 7) is 3.32. The molecule has 0 atom stereocenters. The minimum absolute atomic E-state index is 0.111. The van der Waals surface area contributed by atoms with Gasteiger partial charge in [0.25, 0.3) is 0 Å². The fourth-order valence-corrected chi connectivity index (χ4v) is 2.14. The highest BCUT2D eigenvalue weighted by atomic mass is 19.1. The van der Waals surface area contributed by atoms with Crippen molar-refractivity contribution in [3.63, 3.8) is 0 Å². The average molecular weight is 248 g/mol. The van der Waals surface area contributed by atoms with E-state index >= 15 is 0 Å². The van der Waals surface area contributed by atoms with Gasteiger partial charge in [-0.2, -0.15) is 5.26 Å². The van der Waals surface area contributed by atoms with Crippen molar-refractivity contribution >= 4 is 0 Å². The summed E-state index contributed by atoms with van der Waals surface area (Å²) in [5.74, 6) is 0.209. The van der Waals surface area contributed by atoms with Gasteiger partial charge in [-0.3, -0.25) is 0 Å². The molecule has 1 aromatic rings. The van der Waals surface area contributed by atoms with Gasteiger partial charge in [-0.05, 0) is 43.0 Å². The zero-order valence-electron chi connectivity index (χ0n) is 10.3. The van der Waals surface area contributed by atoms with Gasteiger partial charge in [0.05, 0.1) is 5.56 Å². The second kappa shape index (κ2) is 6.48. The van der Waals surface area contributed by atoms with E-state index in [1.165, 1.54) is 6.07 Å². The third-order valence-electron chi connectivity index (χ3n) is 3.25. The van der Waals surface area contributed by atoms with E-state index in [1.807, 2.05) is 6.07 Å². The molecule has 0 aliphatic carbocycles. The molecule has 96 valence electrons. The molecule has 1 aromatic carbocycles. The minimum Gasteiger partial charge on any atom is -0.381 e. The maximum Gasteiger partial charge on any atom is 0.140 e. The largest absolute Gasteiger partial charge is 0.381 e. The zero-order chi connectivity index (χ0) is 12.8. The van der Waals surface area contributed by atoms with Gasteiger partial charge in [-0.1, -0.05) is 6.07 Å². The Kier molecular flexibility index (Phi) is 4.68. The van der Waals surface area contributed by atoms with Gasteiger partial charge in [0.15, 0.2) is 0 Å². The molecule has 1 saturated heterocycles. The number of benzene rings is 1. The number of hydrogen-bond donors (Lipinski definition) is 1. The first-order chi connectivity index (χ1) is 8.79. The third kappa shape index (κ3) is 3.52. The number of halogens is 1. The smallest absolute Gasteiger partial charge is 0.140 e. The predicted molar refractivity (Wildman–Crippen MR) is 66.4 cm³/mol. The zero-order valence-corrected chi connectivity index (χ0v) is 10.3. The molecule has 1 heterocycles. The molecular weight excluding hydrogens is 231 g/mol. The van der Waals surface area contributed by atoms with Crippen LogP contribution in [0.25, 0.3) is 0 Å². The first kappa shape index (κ1) is 13.0. The van der Waals surface area contributed by atoms with Crippen molar-refractivity contribution in [2.75, 3.05) is 19.8 Å². The van der Waals surface area contributed by atoms with Crippen LogP contribution in [0.4, 0.5) is 4.39 Å². The molecule has 0 aromatic heterocycles. The quantitative estimate of drug-likeness (QED) is 0.888. The van der Waals surface area contributed by atoms with Gasteiger partial charge in [0, 0.05) is 19.8 Å². The molecular formula is C14H17FN2O. The molecule has 1 fully saturated rings. The van der Waals surface area contributed by atoms with Crippen LogP contribution in [0.1, 0.15) is 24.0 Å². The average Bonchev–Trinajstić information content (AvgIpc) is 2.42. The van der Waals surface area contributed by atoms with Crippen LogP contribution in [0.15, 0.2) is 18.2 Å². The Bertz CT molecular complexity index is 436. The first-order valence-electron chi connectivity index (χ1n) is 6.26. The monoisotopic (exact) mass is 248 g/mol. The second-order valence-corrected chi connectivity index (χ2v) is 4.61. The van der Waals surface area contributed by atoms with Crippen LogP contribution in [-0.2, 0) is 11.3 Å². The van der Waals surface area contributed by atoms with Gasteiger partial charge in [0.2, 0.25) is 0 Å². The molecule has 0 saturated carbocycles. The van der Waals surface area contributed by atoms with E-state index in [9.17, 15) is 4.39 Å². The molecule has 0 amide bonds. The predicted octanol–water partition coefficient (Wildman–Crippen LogP) is 2.21. The number of ether oxygens (including phenoxy) is 1. The van der Waals surface area contributed by atoms with E-state index < -0.39 is 5.82 Å². The highest BCUT2D eigenvalue weighted by molar-refractivity contribution is 5.34. The van der Waals surface area contributed by atoms with Crippen molar-refractivity contribution < 1.29 is 9.13 Å². The summed E-state index contributed by atoms with van der Waals surface area (Å²) in [4.78, 5) is 0. The van der Waals surface area contributed by atoms with Gasteiger partial charge in [-0.25, -0.2) is 4.39 Å². The van der Waals surface area contributed by atoms with Crippen LogP contribution in [0, 0.1) is 23.1 Å². The number of nitriles is 1. The molecule has 3 nitrogen and oxygen atoms in total. The molecule has 0 radical (unpaired) electrons. The lowest BCUT2D eigenvalue weighted by molar-refractivity contribution is 0.0662. The fourth-order valence-electron chi connectivity index (χ4n) is 2.14. The first-order valence-corrected chi connectivity index (χ1v) is 6.26. The van der Waals surface area contributed by atoms with Crippen molar-refractivity contribution in [1.82, 2.24) is 5.32 Å². The van der Waals surface area contributed by atoms with E-state index in [2.05, 4.69) is 5.32 Å². The Balaban J connectivity index is 1.81. The van der Waals surface area contributed by atoms with Gasteiger partial charge >= 0.3 is 0 Å². The lowest BCUT2D eigenvalue weighted by Gasteiger charge is -2.22. The summed E-state index contributed by atoms with van der Waals surface area (Å²) in [6.07, 6.45) is 2.19. The molecule has 1 aliphatic rings. The molecule has 18 heavy (non-hydrogen) atoms. The van der Waals surface area contributed by atoms with Crippen LogP contribution >= 0.6 is 0 Å². The van der Waals surface area contributed by atoms with Crippen molar-refractivity contribution in [1.29, 1.82) is 5.26 Å². The Labute approximate surface area is 107 Å². The highest BCUT2D eigenvalue weighted by Crippen LogP contribution is 2.14. The SMILES string of the molecule is N#Cc1cc(CNCC2CCOCC2)ccc1F. The van der Waals surface area contributed by atoms with Crippen molar-refractivity contribution in [2.45, 2.75) is 19.4 Å². The van der Waals surface area contributed by atoms with Crippen LogP contribution in [0.2, 0.25) is 0 Å². The topological polar surface area (TPSA) is 45.0 Å². The van der Waals surface area contributed by atoms with Crippen LogP contribution < -0.4 is 5.32 Å². The highest BCUT2D eigenvalue weighted by Gasteiger charge is 2.13. The summed E-state index contributed by atoms with van der Waals surface area (Å²) in [5.41, 5.74) is 1.06. The van der Waals surface area contributed by atoms with E-state index in [0.717, 1.165) is 38.2 Å². The molecule has 1 N–H and O–H groups in total. The Morgan fingerprint density at radius 3 is 2.89 bits per heavy atom. The van der Waals surface area contributed by atoms with Crippen molar-refractivity contribution in [3.8, 4) is 6.07 Å². The standard InChI is InChI=1S/C14H17FN2O/c15-14-2-1-12(7-13(14)8-16)10-17-9-11-3-5-18-6-4-11/h1-2,7,11,17H,3-6,9-10H2. The van der Waals surface area contributed by atoms with E-state index in [4.69, 9.17) is 10.00 Å². The molecule has 0 unspecified atom stereocenters. The number of nitrogens with zero attached hydrogens (tertiary/aromatic N) is 1. The number of rotatable bonds is 4. The van der Waals surface area contributed by atoms with Gasteiger partial charge in [-0.15, -0.1) is 0 Å².